The first-order chi connectivity index (χ1) is 8.24. The molecule has 1 aliphatic rings. The highest BCUT2D eigenvalue weighted by Gasteiger charge is 2.34. The van der Waals surface area contributed by atoms with Crippen molar-refractivity contribution in [3.63, 3.8) is 0 Å². The van der Waals surface area contributed by atoms with Crippen molar-refractivity contribution in [1.82, 2.24) is 4.98 Å². The van der Waals surface area contributed by atoms with Gasteiger partial charge in [0.1, 0.15) is 0 Å². The van der Waals surface area contributed by atoms with E-state index in [4.69, 9.17) is 17.3 Å². The van der Waals surface area contributed by atoms with E-state index in [9.17, 15) is 0 Å². The number of hydrogen-bond donors (Lipinski definition) is 1. The summed E-state index contributed by atoms with van der Waals surface area (Å²) in [5.74, 6) is 0.510. The van der Waals surface area contributed by atoms with Crippen LogP contribution in [0.25, 0.3) is 11.3 Å². The summed E-state index contributed by atoms with van der Waals surface area (Å²) < 4.78 is 0. The van der Waals surface area contributed by atoms with E-state index in [0.29, 0.717) is 12.0 Å². The summed E-state index contributed by atoms with van der Waals surface area (Å²) in [6.45, 7) is 0. The third-order valence-electron chi connectivity index (χ3n) is 3.17. The molecule has 18 heavy (non-hydrogen) atoms. The number of nitrogens with zero attached hydrogens (tertiary/aromatic N) is 1. The number of aromatic nitrogens is 1. The average molecular weight is 281 g/mol. The number of hydrogen-bond acceptors (Lipinski definition) is 2. The first-order valence-electron chi connectivity index (χ1n) is 5.71. The normalized spacial score (nSPS) is 21.2. The highest BCUT2D eigenvalue weighted by atomic mass is 35.5. The summed E-state index contributed by atoms with van der Waals surface area (Å²) in [4.78, 5) is 4.47. The fraction of sp³-hybridized carbons (Fsp3) is 0.214. The molecule has 1 saturated carbocycles. The van der Waals surface area contributed by atoms with Crippen LogP contribution < -0.4 is 5.73 Å². The quantitative estimate of drug-likeness (QED) is 0.912. The summed E-state index contributed by atoms with van der Waals surface area (Å²) in [7, 11) is 0. The molecule has 0 amide bonds. The van der Waals surface area contributed by atoms with Crippen molar-refractivity contribution in [3.05, 3.63) is 53.2 Å². The minimum Gasteiger partial charge on any atom is -0.327 e. The molecule has 0 bridgehead atoms. The monoisotopic (exact) mass is 280 g/mol. The second kappa shape index (κ2) is 5.27. The maximum atomic E-state index is 5.96. The van der Waals surface area contributed by atoms with Gasteiger partial charge in [0, 0.05) is 28.7 Å². The average Bonchev–Trinajstić information content (AvgIpc) is 3.07. The summed E-state index contributed by atoms with van der Waals surface area (Å²) in [6, 6.07) is 12.2. The van der Waals surface area contributed by atoms with E-state index in [1.165, 1.54) is 5.56 Å². The molecule has 0 saturated heterocycles. The van der Waals surface area contributed by atoms with Gasteiger partial charge in [0.15, 0.2) is 0 Å². The SMILES string of the molecule is Cl.N[C@H]1C[C@@H]1c1ccc(-c2cccc(Cl)c2)nc1. The van der Waals surface area contributed by atoms with Gasteiger partial charge in [-0.15, -0.1) is 12.4 Å². The van der Waals surface area contributed by atoms with Crippen LogP contribution in [-0.4, -0.2) is 11.0 Å². The summed E-state index contributed by atoms with van der Waals surface area (Å²) in [6.07, 6.45) is 3.01. The summed E-state index contributed by atoms with van der Waals surface area (Å²) >= 11 is 5.96. The van der Waals surface area contributed by atoms with Gasteiger partial charge in [0.25, 0.3) is 0 Å². The van der Waals surface area contributed by atoms with Crippen LogP contribution in [0, 0.1) is 0 Å². The Balaban J connectivity index is 0.00000120. The lowest BCUT2D eigenvalue weighted by Crippen LogP contribution is -2.01. The van der Waals surface area contributed by atoms with Crippen LogP contribution in [-0.2, 0) is 0 Å². The van der Waals surface area contributed by atoms with Crippen molar-refractivity contribution < 1.29 is 0 Å². The van der Waals surface area contributed by atoms with E-state index in [-0.39, 0.29) is 12.4 Å². The van der Waals surface area contributed by atoms with Crippen LogP contribution in [0.1, 0.15) is 17.9 Å². The van der Waals surface area contributed by atoms with Crippen LogP contribution >= 0.6 is 24.0 Å². The molecule has 4 heteroatoms. The Kier molecular flexibility index (Phi) is 3.91. The van der Waals surface area contributed by atoms with E-state index >= 15 is 0 Å². The topological polar surface area (TPSA) is 38.9 Å². The maximum Gasteiger partial charge on any atom is 0.0702 e. The molecule has 0 radical (unpaired) electrons. The first-order valence-corrected chi connectivity index (χ1v) is 6.09. The lowest BCUT2D eigenvalue weighted by molar-refractivity contribution is 0.981. The van der Waals surface area contributed by atoms with Gasteiger partial charge in [-0.3, -0.25) is 4.98 Å². The molecule has 2 N–H and O–H groups in total. The number of nitrogens with two attached hydrogens (primary N) is 1. The van der Waals surface area contributed by atoms with Gasteiger partial charge in [-0.25, -0.2) is 0 Å². The minimum absolute atomic E-state index is 0. The second-order valence-corrected chi connectivity index (χ2v) is 4.93. The van der Waals surface area contributed by atoms with E-state index in [0.717, 1.165) is 22.7 Å². The van der Waals surface area contributed by atoms with Crippen molar-refractivity contribution in [2.24, 2.45) is 5.73 Å². The lowest BCUT2D eigenvalue weighted by atomic mass is 10.1. The molecule has 1 aromatic carbocycles. The van der Waals surface area contributed by atoms with E-state index in [1.54, 1.807) is 0 Å². The molecule has 1 aliphatic carbocycles. The Morgan fingerprint density at radius 1 is 1.22 bits per heavy atom. The first kappa shape index (κ1) is 13.3. The van der Waals surface area contributed by atoms with Gasteiger partial charge < -0.3 is 5.73 Å². The van der Waals surface area contributed by atoms with Crippen LogP contribution in [0.4, 0.5) is 0 Å². The van der Waals surface area contributed by atoms with Gasteiger partial charge in [0.05, 0.1) is 5.69 Å². The Labute approximate surface area is 118 Å². The van der Waals surface area contributed by atoms with Gasteiger partial charge in [0.2, 0.25) is 0 Å². The molecule has 2 atom stereocenters. The summed E-state index contributed by atoms with van der Waals surface area (Å²) in [5, 5.41) is 0.734. The Morgan fingerprint density at radius 3 is 2.56 bits per heavy atom. The number of benzene rings is 1. The fourth-order valence-electron chi connectivity index (χ4n) is 2.04. The van der Waals surface area contributed by atoms with Gasteiger partial charge in [-0.05, 0) is 30.2 Å². The van der Waals surface area contributed by atoms with Crippen LogP contribution in [0.3, 0.4) is 0 Å². The molecule has 0 unspecified atom stereocenters. The molecule has 1 fully saturated rings. The molecule has 0 aliphatic heterocycles. The zero-order chi connectivity index (χ0) is 11.8. The predicted octanol–water partition coefficient (Wildman–Crippen LogP) is 3.64. The molecule has 3 rings (SSSR count). The van der Waals surface area contributed by atoms with Crippen LogP contribution in [0.15, 0.2) is 42.6 Å². The maximum absolute atomic E-state index is 5.96. The molecule has 1 aromatic heterocycles. The van der Waals surface area contributed by atoms with Crippen molar-refractivity contribution in [2.45, 2.75) is 18.4 Å². The molecule has 1 heterocycles. The molecule has 0 spiro atoms. The molecular weight excluding hydrogens is 267 g/mol. The van der Waals surface area contributed by atoms with Crippen molar-refractivity contribution in [3.8, 4) is 11.3 Å². The third kappa shape index (κ3) is 2.66. The Bertz CT molecular complexity index is 540. The van der Waals surface area contributed by atoms with Crippen molar-refractivity contribution in [1.29, 1.82) is 0 Å². The van der Waals surface area contributed by atoms with E-state index in [1.807, 2.05) is 36.5 Å². The molecule has 2 nitrogen and oxygen atoms in total. The van der Waals surface area contributed by atoms with Gasteiger partial charge in [-0.1, -0.05) is 29.8 Å². The zero-order valence-corrected chi connectivity index (χ0v) is 11.3. The summed E-state index contributed by atoms with van der Waals surface area (Å²) in [5.41, 5.74) is 9.06. The predicted molar refractivity (Wildman–Crippen MR) is 77.3 cm³/mol. The standard InChI is InChI=1S/C14H13ClN2.ClH/c15-11-3-1-2-9(6-11)14-5-4-10(8-17-14)12-7-13(12)16;/h1-6,8,12-13H,7,16H2;1H/t12-,13+;/m1./s1. The Morgan fingerprint density at radius 2 is 2.00 bits per heavy atom. The number of halogens is 2. The highest BCUT2D eigenvalue weighted by molar-refractivity contribution is 6.30. The number of rotatable bonds is 2. The lowest BCUT2D eigenvalue weighted by Gasteiger charge is -2.03. The van der Waals surface area contributed by atoms with Crippen LogP contribution in [0.2, 0.25) is 5.02 Å². The molecule has 2 aromatic rings. The van der Waals surface area contributed by atoms with Gasteiger partial charge in [-0.2, -0.15) is 0 Å². The van der Waals surface area contributed by atoms with Gasteiger partial charge >= 0.3 is 0 Å². The van der Waals surface area contributed by atoms with E-state index in [2.05, 4.69) is 11.1 Å². The smallest absolute Gasteiger partial charge is 0.0702 e. The minimum atomic E-state index is 0. The zero-order valence-electron chi connectivity index (χ0n) is 9.71. The molecular formula is C14H14Cl2N2. The van der Waals surface area contributed by atoms with E-state index < -0.39 is 0 Å². The number of pyridine rings is 1. The fourth-order valence-corrected chi connectivity index (χ4v) is 2.23. The second-order valence-electron chi connectivity index (χ2n) is 4.49. The third-order valence-corrected chi connectivity index (χ3v) is 3.41. The van der Waals surface area contributed by atoms with Crippen molar-refractivity contribution in [2.75, 3.05) is 0 Å². The highest BCUT2D eigenvalue weighted by Crippen LogP contribution is 2.38. The van der Waals surface area contributed by atoms with Crippen LogP contribution in [0.5, 0.6) is 0 Å². The van der Waals surface area contributed by atoms with Crippen molar-refractivity contribution >= 4 is 24.0 Å². The Hall–Kier alpha value is -1.09. The molecule has 94 valence electrons. The largest absolute Gasteiger partial charge is 0.327 e.